The number of aromatic nitrogens is 2. The summed E-state index contributed by atoms with van der Waals surface area (Å²) in [7, 11) is 0. The Hall–Kier alpha value is -4.34. The molecule has 0 saturated heterocycles. The van der Waals surface area contributed by atoms with Gasteiger partial charge in [-0.1, -0.05) is 18.2 Å². The SMILES string of the molecule is CCOC(=O)c1cccc(NC(=O)c2nn(-c3ccccc3[N+](=O)[O-])c(C)cc2=O)c1. The molecule has 0 fully saturated rings. The maximum atomic E-state index is 12.7. The number of nitrogens with one attached hydrogen (secondary N) is 1. The number of nitrogens with zero attached hydrogens (tertiary/aromatic N) is 3. The molecule has 3 aromatic rings. The van der Waals surface area contributed by atoms with E-state index in [1.807, 2.05) is 0 Å². The van der Waals surface area contributed by atoms with Crippen molar-refractivity contribution < 1.29 is 19.2 Å². The van der Waals surface area contributed by atoms with Crippen LogP contribution >= 0.6 is 0 Å². The zero-order chi connectivity index (χ0) is 22.5. The van der Waals surface area contributed by atoms with Crippen LogP contribution in [0.25, 0.3) is 5.69 Å². The summed E-state index contributed by atoms with van der Waals surface area (Å²) in [6, 6.07) is 13.1. The van der Waals surface area contributed by atoms with E-state index in [4.69, 9.17) is 4.74 Å². The Morgan fingerprint density at radius 3 is 2.61 bits per heavy atom. The Morgan fingerprint density at radius 1 is 1.16 bits per heavy atom. The van der Waals surface area contributed by atoms with Crippen LogP contribution in [0.5, 0.6) is 0 Å². The van der Waals surface area contributed by atoms with Gasteiger partial charge in [0.1, 0.15) is 5.69 Å². The van der Waals surface area contributed by atoms with Crippen LogP contribution in [0.2, 0.25) is 0 Å². The van der Waals surface area contributed by atoms with Crippen LogP contribution < -0.4 is 10.7 Å². The van der Waals surface area contributed by atoms with Gasteiger partial charge in [-0.05, 0) is 38.1 Å². The van der Waals surface area contributed by atoms with Crippen molar-refractivity contribution in [3.8, 4) is 5.69 Å². The molecule has 158 valence electrons. The predicted molar refractivity (Wildman–Crippen MR) is 112 cm³/mol. The molecule has 10 nitrogen and oxygen atoms in total. The third-order valence-corrected chi connectivity index (χ3v) is 4.26. The molecule has 2 aromatic carbocycles. The number of benzene rings is 2. The van der Waals surface area contributed by atoms with E-state index in [0.717, 1.165) is 0 Å². The number of para-hydroxylation sites is 2. The molecule has 0 aliphatic rings. The van der Waals surface area contributed by atoms with E-state index in [9.17, 15) is 24.5 Å². The molecule has 0 aliphatic carbocycles. The van der Waals surface area contributed by atoms with Gasteiger partial charge in [0, 0.05) is 23.5 Å². The molecule has 0 atom stereocenters. The topological polar surface area (TPSA) is 133 Å². The van der Waals surface area contributed by atoms with Gasteiger partial charge in [0.25, 0.3) is 11.6 Å². The molecule has 1 aromatic heterocycles. The molecule has 0 aliphatic heterocycles. The maximum absolute atomic E-state index is 12.7. The minimum Gasteiger partial charge on any atom is -0.462 e. The van der Waals surface area contributed by atoms with Gasteiger partial charge in [0.2, 0.25) is 5.43 Å². The number of amides is 1. The third kappa shape index (κ3) is 4.64. The van der Waals surface area contributed by atoms with Crippen molar-refractivity contribution in [1.29, 1.82) is 0 Å². The van der Waals surface area contributed by atoms with E-state index in [-0.39, 0.29) is 29.2 Å². The van der Waals surface area contributed by atoms with Crippen LogP contribution in [0.3, 0.4) is 0 Å². The van der Waals surface area contributed by atoms with Crippen LogP contribution in [-0.4, -0.2) is 33.2 Å². The van der Waals surface area contributed by atoms with Gasteiger partial charge in [-0.15, -0.1) is 0 Å². The number of carbonyl (C=O) groups is 2. The number of nitro benzene ring substituents is 1. The minimum absolute atomic E-state index is 0.114. The van der Waals surface area contributed by atoms with Crippen LogP contribution in [0.1, 0.15) is 33.5 Å². The van der Waals surface area contributed by atoms with Crippen molar-refractivity contribution in [2.24, 2.45) is 0 Å². The van der Waals surface area contributed by atoms with Crippen LogP contribution in [0.15, 0.2) is 59.4 Å². The number of aryl methyl sites for hydroxylation is 1. The van der Waals surface area contributed by atoms with Gasteiger partial charge >= 0.3 is 5.97 Å². The number of nitro groups is 1. The Labute approximate surface area is 176 Å². The normalized spacial score (nSPS) is 10.4. The number of carbonyl (C=O) groups excluding carboxylic acids is 2. The molecule has 31 heavy (non-hydrogen) atoms. The summed E-state index contributed by atoms with van der Waals surface area (Å²) < 4.78 is 6.10. The van der Waals surface area contributed by atoms with Crippen molar-refractivity contribution in [1.82, 2.24) is 9.78 Å². The highest BCUT2D eigenvalue weighted by atomic mass is 16.6. The van der Waals surface area contributed by atoms with E-state index in [1.165, 1.54) is 47.1 Å². The Bertz CT molecular complexity index is 1230. The third-order valence-electron chi connectivity index (χ3n) is 4.26. The molecule has 1 heterocycles. The largest absolute Gasteiger partial charge is 0.462 e. The summed E-state index contributed by atoms with van der Waals surface area (Å²) in [5, 5.41) is 17.9. The first-order valence-electron chi connectivity index (χ1n) is 9.25. The number of anilines is 1. The first-order valence-corrected chi connectivity index (χ1v) is 9.25. The van der Waals surface area contributed by atoms with Gasteiger partial charge in [-0.3, -0.25) is 19.7 Å². The first kappa shape index (κ1) is 21.4. The number of ether oxygens (including phenoxy) is 1. The summed E-state index contributed by atoms with van der Waals surface area (Å²) in [4.78, 5) is 47.8. The zero-order valence-electron chi connectivity index (χ0n) is 16.7. The standard InChI is InChI=1S/C21H18N4O6/c1-3-31-21(28)14-7-6-8-15(12-14)22-20(27)19-18(26)11-13(2)24(23-19)16-9-4-5-10-17(16)25(29)30/h4-12H,3H2,1-2H3,(H,22,27). The smallest absolute Gasteiger partial charge is 0.338 e. The van der Waals surface area contributed by atoms with Crippen molar-refractivity contribution in [3.05, 3.63) is 91.9 Å². The highest BCUT2D eigenvalue weighted by Gasteiger charge is 2.20. The quantitative estimate of drug-likeness (QED) is 0.367. The monoisotopic (exact) mass is 422 g/mol. The van der Waals surface area contributed by atoms with Gasteiger partial charge in [-0.2, -0.15) is 5.10 Å². The summed E-state index contributed by atoms with van der Waals surface area (Å²) >= 11 is 0. The lowest BCUT2D eigenvalue weighted by atomic mass is 10.2. The van der Waals surface area contributed by atoms with Crippen molar-refractivity contribution >= 4 is 23.3 Å². The van der Waals surface area contributed by atoms with E-state index < -0.39 is 27.9 Å². The molecular weight excluding hydrogens is 404 g/mol. The number of rotatable bonds is 6. The molecular formula is C21H18N4O6. The van der Waals surface area contributed by atoms with E-state index in [0.29, 0.717) is 5.69 Å². The molecule has 0 spiro atoms. The second-order valence-electron chi connectivity index (χ2n) is 6.41. The van der Waals surface area contributed by atoms with Gasteiger partial charge in [0.15, 0.2) is 5.69 Å². The Balaban J connectivity index is 1.98. The molecule has 1 amide bonds. The lowest BCUT2D eigenvalue weighted by Crippen LogP contribution is -2.27. The van der Waals surface area contributed by atoms with E-state index >= 15 is 0 Å². The number of hydrogen-bond acceptors (Lipinski definition) is 7. The second-order valence-corrected chi connectivity index (χ2v) is 6.41. The average molecular weight is 422 g/mol. The fraction of sp³-hybridized carbons (Fsp3) is 0.143. The van der Waals surface area contributed by atoms with Crippen LogP contribution in [-0.2, 0) is 4.74 Å². The van der Waals surface area contributed by atoms with E-state index in [1.54, 1.807) is 26.0 Å². The fourth-order valence-electron chi connectivity index (χ4n) is 2.87. The first-order chi connectivity index (χ1) is 14.8. The molecule has 0 saturated carbocycles. The molecule has 0 unspecified atom stereocenters. The molecule has 10 heteroatoms. The molecule has 0 bridgehead atoms. The summed E-state index contributed by atoms with van der Waals surface area (Å²) in [6.07, 6.45) is 0. The lowest BCUT2D eigenvalue weighted by molar-refractivity contribution is -0.384. The zero-order valence-corrected chi connectivity index (χ0v) is 16.7. The van der Waals surface area contributed by atoms with Gasteiger partial charge in [0.05, 0.1) is 17.1 Å². The lowest BCUT2D eigenvalue weighted by Gasteiger charge is -2.12. The highest BCUT2D eigenvalue weighted by molar-refractivity contribution is 6.03. The average Bonchev–Trinajstić information content (AvgIpc) is 2.74. The predicted octanol–water partition coefficient (Wildman–Crippen LogP) is 2.88. The number of hydrogen-bond donors (Lipinski definition) is 1. The van der Waals surface area contributed by atoms with Gasteiger partial charge < -0.3 is 10.1 Å². The van der Waals surface area contributed by atoms with Crippen LogP contribution in [0.4, 0.5) is 11.4 Å². The molecule has 0 radical (unpaired) electrons. The second kappa shape index (κ2) is 8.99. The van der Waals surface area contributed by atoms with Crippen molar-refractivity contribution in [2.75, 3.05) is 11.9 Å². The minimum atomic E-state index is -0.821. The molecule has 1 N–H and O–H groups in total. The maximum Gasteiger partial charge on any atom is 0.338 e. The van der Waals surface area contributed by atoms with Crippen LogP contribution in [0, 0.1) is 17.0 Å². The molecule has 3 rings (SSSR count). The fourth-order valence-corrected chi connectivity index (χ4v) is 2.87. The van der Waals surface area contributed by atoms with Crippen molar-refractivity contribution in [2.45, 2.75) is 13.8 Å². The summed E-state index contributed by atoms with van der Waals surface area (Å²) in [6.45, 7) is 3.43. The highest BCUT2D eigenvalue weighted by Crippen LogP contribution is 2.22. The van der Waals surface area contributed by atoms with E-state index in [2.05, 4.69) is 10.4 Å². The summed E-state index contributed by atoms with van der Waals surface area (Å²) in [5.74, 6) is -1.37. The summed E-state index contributed by atoms with van der Waals surface area (Å²) in [5.41, 5.74) is -0.404. The number of esters is 1. The Morgan fingerprint density at radius 2 is 1.90 bits per heavy atom. The van der Waals surface area contributed by atoms with Gasteiger partial charge in [-0.25, -0.2) is 9.48 Å². The van der Waals surface area contributed by atoms with Crippen molar-refractivity contribution in [3.63, 3.8) is 0 Å². The Kier molecular flexibility index (Phi) is 6.20.